The third-order valence-corrected chi connectivity index (χ3v) is 3.19. The van der Waals surface area contributed by atoms with E-state index in [0.717, 1.165) is 17.8 Å². The van der Waals surface area contributed by atoms with Gasteiger partial charge in [-0.15, -0.1) is 0 Å². The third kappa shape index (κ3) is 3.96. The van der Waals surface area contributed by atoms with E-state index in [1.807, 2.05) is 57.2 Å². The van der Waals surface area contributed by atoms with Crippen LogP contribution in [-0.4, -0.2) is 56.0 Å². The van der Waals surface area contributed by atoms with Gasteiger partial charge in [0.1, 0.15) is 0 Å². The number of hydrogen-bond acceptors (Lipinski definition) is 3. The van der Waals surface area contributed by atoms with Gasteiger partial charge in [0.15, 0.2) is 0 Å². The Morgan fingerprint density at radius 1 is 1.32 bits per heavy atom. The lowest BCUT2D eigenvalue weighted by Gasteiger charge is -2.30. The van der Waals surface area contributed by atoms with E-state index in [1.54, 1.807) is 0 Å². The molecule has 1 aromatic carbocycles. The summed E-state index contributed by atoms with van der Waals surface area (Å²) in [4.78, 5) is 16.7. The highest BCUT2D eigenvalue weighted by molar-refractivity contribution is 5.99. The van der Waals surface area contributed by atoms with E-state index in [1.165, 1.54) is 0 Å². The molecule has 0 fully saturated rings. The summed E-state index contributed by atoms with van der Waals surface area (Å²) in [6.07, 6.45) is 0. The summed E-state index contributed by atoms with van der Waals surface area (Å²) in [7, 11) is 5.89. The molecular weight excluding hydrogens is 238 g/mol. The highest BCUT2D eigenvalue weighted by Gasteiger charge is 2.22. The van der Waals surface area contributed by atoms with E-state index in [-0.39, 0.29) is 11.9 Å². The molecule has 0 aliphatic rings. The normalized spacial score (nSPS) is 12.3. The van der Waals surface area contributed by atoms with E-state index in [9.17, 15) is 4.79 Å². The monoisotopic (exact) mass is 263 g/mol. The Balaban J connectivity index is 2.95. The second kappa shape index (κ2) is 7.14. The van der Waals surface area contributed by atoms with Crippen LogP contribution in [0.2, 0.25) is 0 Å². The summed E-state index contributed by atoms with van der Waals surface area (Å²) in [5.41, 5.74) is 1.61. The molecule has 4 nitrogen and oxygen atoms in total. The fourth-order valence-electron chi connectivity index (χ4n) is 2.32. The van der Waals surface area contributed by atoms with Crippen molar-refractivity contribution in [1.29, 1.82) is 0 Å². The molecule has 1 N–H and O–H groups in total. The molecule has 0 saturated heterocycles. The minimum atomic E-state index is 0.0850. The van der Waals surface area contributed by atoms with Crippen molar-refractivity contribution in [3.05, 3.63) is 29.8 Å². The van der Waals surface area contributed by atoms with Gasteiger partial charge in [-0.3, -0.25) is 4.79 Å². The summed E-state index contributed by atoms with van der Waals surface area (Å²) in [6, 6.07) is 7.83. The molecule has 1 aromatic rings. The first kappa shape index (κ1) is 15.5. The Morgan fingerprint density at radius 2 is 1.95 bits per heavy atom. The van der Waals surface area contributed by atoms with Crippen LogP contribution in [0.4, 0.5) is 5.69 Å². The number of anilines is 1. The molecular formula is C15H25N3O. The van der Waals surface area contributed by atoms with Gasteiger partial charge in [0.2, 0.25) is 0 Å². The maximum atomic E-state index is 12.6. The number of nitrogens with zero attached hydrogens (tertiary/aromatic N) is 2. The largest absolute Gasteiger partial charge is 0.387 e. The van der Waals surface area contributed by atoms with Gasteiger partial charge in [0.05, 0.1) is 5.56 Å². The van der Waals surface area contributed by atoms with E-state index in [0.29, 0.717) is 6.54 Å². The SMILES string of the molecule is CCN(C(=O)c1ccccc1NC)C(C)CN(C)C. The van der Waals surface area contributed by atoms with E-state index in [4.69, 9.17) is 0 Å². The Kier molecular flexibility index (Phi) is 5.83. The Morgan fingerprint density at radius 3 is 2.47 bits per heavy atom. The molecule has 0 aliphatic carbocycles. The predicted molar refractivity (Wildman–Crippen MR) is 80.7 cm³/mol. The molecule has 106 valence electrons. The molecule has 0 heterocycles. The number of amides is 1. The first-order valence-corrected chi connectivity index (χ1v) is 6.73. The summed E-state index contributed by atoms with van der Waals surface area (Å²) in [5, 5.41) is 3.08. The molecule has 1 rings (SSSR count). The minimum absolute atomic E-state index is 0.0850. The molecule has 0 radical (unpaired) electrons. The van der Waals surface area contributed by atoms with Crippen LogP contribution >= 0.6 is 0 Å². The summed E-state index contributed by atoms with van der Waals surface area (Å²) < 4.78 is 0. The lowest BCUT2D eigenvalue weighted by Crippen LogP contribution is -2.43. The summed E-state index contributed by atoms with van der Waals surface area (Å²) in [6.45, 7) is 5.68. The number of nitrogens with one attached hydrogen (secondary N) is 1. The highest BCUT2D eigenvalue weighted by Crippen LogP contribution is 2.18. The van der Waals surface area contributed by atoms with Crippen LogP contribution in [0.1, 0.15) is 24.2 Å². The van der Waals surface area contributed by atoms with E-state index >= 15 is 0 Å². The zero-order valence-corrected chi connectivity index (χ0v) is 12.6. The number of rotatable bonds is 6. The van der Waals surface area contributed by atoms with Crippen LogP contribution in [0.25, 0.3) is 0 Å². The van der Waals surface area contributed by atoms with Gasteiger partial charge >= 0.3 is 0 Å². The quantitative estimate of drug-likeness (QED) is 0.854. The number of carbonyl (C=O) groups excluding carboxylic acids is 1. The van der Waals surface area contributed by atoms with E-state index < -0.39 is 0 Å². The molecule has 4 heteroatoms. The average molecular weight is 263 g/mol. The standard InChI is InChI=1S/C15H25N3O/c1-6-18(12(2)11-17(4)5)15(19)13-9-7-8-10-14(13)16-3/h7-10,12,16H,6,11H2,1-5H3. The number of carbonyl (C=O) groups is 1. The smallest absolute Gasteiger partial charge is 0.256 e. The van der Waals surface area contributed by atoms with E-state index in [2.05, 4.69) is 17.1 Å². The van der Waals surface area contributed by atoms with Gasteiger partial charge in [-0.05, 0) is 40.1 Å². The van der Waals surface area contributed by atoms with Gasteiger partial charge < -0.3 is 15.1 Å². The van der Waals surface area contributed by atoms with Crippen LogP contribution in [0.3, 0.4) is 0 Å². The highest BCUT2D eigenvalue weighted by atomic mass is 16.2. The van der Waals surface area contributed by atoms with Crippen molar-refractivity contribution in [1.82, 2.24) is 9.80 Å². The number of para-hydroxylation sites is 1. The zero-order chi connectivity index (χ0) is 14.4. The van der Waals surface area contributed by atoms with Gasteiger partial charge in [0.25, 0.3) is 5.91 Å². The van der Waals surface area contributed by atoms with Gasteiger partial charge in [-0.25, -0.2) is 0 Å². The maximum Gasteiger partial charge on any atom is 0.256 e. The molecule has 1 amide bonds. The second-order valence-electron chi connectivity index (χ2n) is 5.00. The van der Waals surface area contributed by atoms with Crippen molar-refractivity contribution in [2.75, 3.05) is 39.5 Å². The summed E-state index contributed by atoms with van der Waals surface area (Å²) >= 11 is 0. The molecule has 19 heavy (non-hydrogen) atoms. The molecule has 0 aliphatic heterocycles. The first-order valence-electron chi connectivity index (χ1n) is 6.73. The van der Waals surface area contributed by atoms with Crippen LogP contribution in [0.15, 0.2) is 24.3 Å². The zero-order valence-electron chi connectivity index (χ0n) is 12.6. The molecule has 1 unspecified atom stereocenters. The molecule has 0 spiro atoms. The number of benzene rings is 1. The van der Waals surface area contributed by atoms with Gasteiger partial charge in [0, 0.05) is 31.9 Å². The maximum absolute atomic E-state index is 12.6. The lowest BCUT2D eigenvalue weighted by atomic mass is 10.1. The Bertz CT molecular complexity index is 418. The van der Waals surface area contributed by atoms with Gasteiger partial charge in [-0.1, -0.05) is 12.1 Å². The fourth-order valence-corrected chi connectivity index (χ4v) is 2.32. The third-order valence-electron chi connectivity index (χ3n) is 3.19. The topological polar surface area (TPSA) is 35.6 Å². The predicted octanol–water partition coefficient (Wildman–Crippen LogP) is 2.14. The van der Waals surface area contributed by atoms with Crippen LogP contribution in [0, 0.1) is 0 Å². The molecule has 0 saturated carbocycles. The number of likely N-dealkylation sites (N-methyl/N-ethyl adjacent to an activating group) is 2. The molecule has 1 atom stereocenters. The van der Waals surface area contributed by atoms with Crippen LogP contribution in [0.5, 0.6) is 0 Å². The van der Waals surface area contributed by atoms with Crippen molar-refractivity contribution in [3.63, 3.8) is 0 Å². The van der Waals surface area contributed by atoms with Crippen molar-refractivity contribution >= 4 is 11.6 Å². The van der Waals surface area contributed by atoms with Crippen LogP contribution < -0.4 is 5.32 Å². The Hall–Kier alpha value is -1.55. The van der Waals surface area contributed by atoms with Crippen molar-refractivity contribution in [2.45, 2.75) is 19.9 Å². The van der Waals surface area contributed by atoms with Crippen molar-refractivity contribution in [2.24, 2.45) is 0 Å². The fraction of sp³-hybridized carbons (Fsp3) is 0.533. The minimum Gasteiger partial charge on any atom is -0.387 e. The van der Waals surface area contributed by atoms with Gasteiger partial charge in [-0.2, -0.15) is 0 Å². The first-order chi connectivity index (χ1) is 9.01. The lowest BCUT2D eigenvalue weighted by molar-refractivity contribution is 0.0680. The summed E-state index contributed by atoms with van der Waals surface area (Å²) in [5.74, 6) is 0.0850. The van der Waals surface area contributed by atoms with Crippen molar-refractivity contribution < 1.29 is 4.79 Å². The molecule has 0 bridgehead atoms. The number of hydrogen-bond donors (Lipinski definition) is 1. The second-order valence-corrected chi connectivity index (χ2v) is 5.00. The average Bonchev–Trinajstić information content (AvgIpc) is 2.38. The van der Waals surface area contributed by atoms with Crippen molar-refractivity contribution in [3.8, 4) is 0 Å². The molecule has 0 aromatic heterocycles. The van der Waals surface area contributed by atoms with Crippen LogP contribution in [-0.2, 0) is 0 Å². The Labute approximate surface area is 116 Å².